The molecule has 0 aliphatic carbocycles. The number of nitrogens with zero attached hydrogens (tertiary/aromatic N) is 2. The highest BCUT2D eigenvalue weighted by atomic mass is 19.2. The van der Waals surface area contributed by atoms with E-state index in [1.807, 2.05) is 0 Å². The second-order valence-corrected chi connectivity index (χ2v) is 4.96. The number of ether oxygens (including phenoxy) is 1. The maximum absolute atomic E-state index is 14.0. The minimum atomic E-state index is -1.00. The Morgan fingerprint density at radius 1 is 1.29 bits per heavy atom. The van der Waals surface area contributed by atoms with Crippen LogP contribution in [0.1, 0.15) is 31.1 Å². The number of terminal acetylenes is 1. The van der Waals surface area contributed by atoms with Crippen LogP contribution in [0.2, 0.25) is 0 Å². The van der Waals surface area contributed by atoms with Gasteiger partial charge in [-0.1, -0.05) is 5.92 Å². The van der Waals surface area contributed by atoms with E-state index in [9.17, 15) is 8.78 Å². The first-order chi connectivity index (χ1) is 10.2. The lowest BCUT2D eigenvalue weighted by atomic mass is 10.1. The molecule has 5 heteroatoms. The van der Waals surface area contributed by atoms with Crippen molar-refractivity contribution in [2.75, 3.05) is 6.61 Å². The van der Waals surface area contributed by atoms with E-state index < -0.39 is 11.6 Å². The van der Waals surface area contributed by atoms with Crippen LogP contribution in [0.3, 0.4) is 0 Å². The minimum Gasteiger partial charge on any atom is -0.357 e. The van der Waals surface area contributed by atoms with Crippen molar-refractivity contribution < 1.29 is 13.5 Å². The molecule has 1 aliphatic heterocycles. The van der Waals surface area contributed by atoms with E-state index in [0.717, 1.165) is 19.3 Å². The summed E-state index contributed by atoms with van der Waals surface area (Å²) in [6, 6.07) is 2.86. The molecule has 1 atom stereocenters. The van der Waals surface area contributed by atoms with Crippen molar-refractivity contribution in [3.05, 3.63) is 41.7 Å². The number of hydrogen-bond acceptors (Lipinski definition) is 2. The van der Waals surface area contributed by atoms with Gasteiger partial charge in [0.15, 0.2) is 11.6 Å². The maximum Gasteiger partial charge on any atom is 0.175 e. The van der Waals surface area contributed by atoms with Crippen LogP contribution in [-0.4, -0.2) is 16.4 Å². The Labute approximate surface area is 121 Å². The molecule has 21 heavy (non-hydrogen) atoms. The fourth-order valence-electron chi connectivity index (χ4n) is 2.45. The van der Waals surface area contributed by atoms with Crippen molar-refractivity contribution in [1.82, 2.24) is 9.78 Å². The second kappa shape index (κ2) is 5.66. The predicted octanol–water partition coefficient (Wildman–Crippen LogP) is 3.51. The largest absolute Gasteiger partial charge is 0.357 e. The van der Waals surface area contributed by atoms with E-state index in [1.165, 1.54) is 18.3 Å². The molecule has 0 saturated carbocycles. The normalized spacial score (nSPS) is 18.4. The standard InChI is InChI=1S/C16H14F2N2O/c1-2-11-6-7-13(16(18)15(11)17)12-9-19-20(10-12)14-5-3-4-8-21-14/h1,6-7,9-10,14H,3-5,8H2. The average molecular weight is 288 g/mol. The van der Waals surface area contributed by atoms with Gasteiger partial charge in [-0.2, -0.15) is 5.10 Å². The molecule has 0 N–H and O–H groups in total. The quantitative estimate of drug-likeness (QED) is 0.791. The van der Waals surface area contributed by atoms with Gasteiger partial charge in [0, 0.05) is 23.9 Å². The Hall–Kier alpha value is -2.19. The van der Waals surface area contributed by atoms with E-state index in [1.54, 1.807) is 10.9 Å². The molecule has 1 unspecified atom stereocenters. The van der Waals surface area contributed by atoms with Gasteiger partial charge in [0.1, 0.15) is 6.23 Å². The lowest BCUT2D eigenvalue weighted by Crippen LogP contribution is -2.18. The molecule has 1 aromatic carbocycles. The lowest BCUT2D eigenvalue weighted by molar-refractivity contribution is -0.0394. The molecule has 3 nitrogen and oxygen atoms in total. The average Bonchev–Trinajstić information content (AvgIpc) is 3.00. The van der Waals surface area contributed by atoms with Gasteiger partial charge >= 0.3 is 0 Å². The van der Waals surface area contributed by atoms with E-state index in [2.05, 4.69) is 11.0 Å². The van der Waals surface area contributed by atoms with Gasteiger partial charge in [-0.05, 0) is 31.4 Å². The summed E-state index contributed by atoms with van der Waals surface area (Å²) in [6.07, 6.45) is 11.1. The number of benzene rings is 1. The van der Waals surface area contributed by atoms with E-state index in [-0.39, 0.29) is 17.4 Å². The highest BCUT2D eigenvalue weighted by Gasteiger charge is 2.19. The zero-order chi connectivity index (χ0) is 14.8. The van der Waals surface area contributed by atoms with Crippen LogP contribution < -0.4 is 0 Å². The topological polar surface area (TPSA) is 27.1 Å². The molecule has 1 saturated heterocycles. The van der Waals surface area contributed by atoms with Crippen LogP contribution >= 0.6 is 0 Å². The highest BCUT2D eigenvalue weighted by molar-refractivity contribution is 5.64. The van der Waals surface area contributed by atoms with E-state index in [0.29, 0.717) is 12.2 Å². The Balaban J connectivity index is 1.93. The summed E-state index contributed by atoms with van der Waals surface area (Å²) in [6.45, 7) is 0.694. The first-order valence-electron chi connectivity index (χ1n) is 6.81. The summed E-state index contributed by atoms with van der Waals surface area (Å²) in [5.74, 6) is 0.163. The number of hydrogen-bond donors (Lipinski definition) is 0. The van der Waals surface area contributed by atoms with Crippen molar-refractivity contribution in [2.45, 2.75) is 25.5 Å². The van der Waals surface area contributed by atoms with Crippen LogP contribution in [0.5, 0.6) is 0 Å². The Kier molecular flexibility index (Phi) is 3.72. The molecule has 0 radical (unpaired) electrons. The fourth-order valence-corrected chi connectivity index (χ4v) is 2.45. The van der Waals surface area contributed by atoms with Crippen molar-refractivity contribution in [1.29, 1.82) is 0 Å². The molecular formula is C16H14F2N2O. The zero-order valence-electron chi connectivity index (χ0n) is 11.4. The summed E-state index contributed by atoms with van der Waals surface area (Å²) in [7, 11) is 0. The Morgan fingerprint density at radius 3 is 2.86 bits per heavy atom. The smallest absolute Gasteiger partial charge is 0.175 e. The SMILES string of the molecule is C#Cc1ccc(-c2cnn(C3CCCCO3)c2)c(F)c1F. The maximum atomic E-state index is 14.0. The third-order valence-corrected chi connectivity index (χ3v) is 3.60. The van der Waals surface area contributed by atoms with Gasteiger partial charge in [-0.25, -0.2) is 13.5 Å². The molecule has 2 aromatic rings. The summed E-state index contributed by atoms with van der Waals surface area (Å²) in [5.41, 5.74) is 0.567. The van der Waals surface area contributed by atoms with Crippen LogP contribution in [0, 0.1) is 24.0 Å². The van der Waals surface area contributed by atoms with Crippen molar-refractivity contribution in [3.8, 4) is 23.5 Å². The van der Waals surface area contributed by atoms with E-state index in [4.69, 9.17) is 11.2 Å². The van der Waals surface area contributed by atoms with Crippen LogP contribution in [0.4, 0.5) is 8.78 Å². The third kappa shape index (κ3) is 2.55. The lowest BCUT2D eigenvalue weighted by Gasteiger charge is -2.22. The number of aromatic nitrogens is 2. The molecule has 1 aliphatic rings. The summed E-state index contributed by atoms with van der Waals surface area (Å²) >= 11 is 0. The monoisotopic (exact) mass is 288 g/mol. The van der Waals surface area contributed by atoms with E-state index >= 15 is 0 Å². The summed E-state index contributed by atoms with van der Waals surface area (Å²) in [4.78, 5) is 0. The van der Waals surface area contributed by atoms with Crippen LogP contribution in [0.15, 0.2) is 24.5 Å². The molecule has 0 spiro atoms. The molecular weight excluding hydrogens is 274 g/mol. The summed E-state index contributed by atoms with van der Waals surface area (Å²) in [5, 5.41) is 4.19. The molecule has 2 heterocycles. The number of rotatable bonds is 2. The first kappa shape index (κ1) is 13.8. The first-order valence-corrected chi connectivity index (χ1v) is 6.81. The van der Waals surface area contributed by atoms with Gasteiger partial charge in [-0.3, -0.25) is 0 Å². The number of halogens is 2. The molecule has 0 bridgehead atoms. The van der Waals surface area contributed by atoms with Gasteiger partial charge in [0.25, 0.3) is 0 Å². The second-order valence-electron chi connectivity index (χ2n) is 4.96. The van der Waals surface area contributed by atoms with Crippen molar-refractivity contribution in [2.24, 2.45) is 0 Å². The fraction of sp³-hybridized carbons (Fsp3) is 0.312. The predicted molar refractivity (Wildman–Crippen MR) is 74.4 cm³/mol. The Morgan fingerprint density at radius 2 is 2.14 bits per heavy atom. The molecule has 1 fully saturated rings. The Bertz CT molecular complexity index is 697. The minimum absolute atomic E-state index is 0.0840. The van der Waals surface area contributed by atoms with Crippen LogP contribution in [-0.2, 0) is 4.74 Å². The van der Waals surface area contributed by atoms with Gasteiger partial charge in [0.05, 0.1) is 11.8 Å². The highest BCUT2D eigenvalue weighted by Crippen LogP contribution is 2.28. The zero-order valence-corrected chi connectivity index (χ0v) is 11.4. The van der Waals surface area contributed by atoms with Crippen LogP contribution in [0.25, 0.3) is 11.1 Å². The van der Waals surface area contributed by atoms with Crippen molar-refractivity contribution in [3.63, 3.8) is 0 Å². The van der Waals surface area contributed by atoms with Gasteiger partial charge in [0.2, 0.25) is 0 Å². The third-order valence-electron chi connectivity index (χ3n) is 3.60. The molecule has 0 amide bonds. The van der Waals surface area contributed by atoms with Crippen molar-refractivity contribution >= 4 is 0 Å². The van der Waals surface area contributed by atoms with Gasteiger partial charge in [-0.15, -0.1) is 6.42 Å². The molecule has 3 rings (SSSR count). The molecule has 1 aromatic heterocycles. The summed E-state index contributed by atoms with van der Waals surface area (Å²) < 4.78 is 35.1. The van der Waals surface area contributed by atoms with Gasteiger partial charge < -0.3 is 4.74 Å². The molecule has 108 valence electrons.